The number of aromatic nitrogens is 1. The van der Waals surface area contributed by atoms with Gasteiger partial charge in [0, 0.05) is 28.3 Å². The fourth-order valence-corrected chi connectivity index (χ4v) is 2.45. The SMILES string of the molecule is CCCNc1cc(C(C)C)nc2c(C)cc(Cl)cc12. The van der Waals surface area contributed by atoms with Crippen LogP contribution in [0.5, 0.6) is 0 Å². The molecule has 0 saturated carbocycles. The van der Waals surface area contributed by atoms with E-state index in [9.17, 15) is 0 Å². The highest BCUT2D eigenvalue weighted by Gasteiger charge is 2.11. The van der Waals surface area contributed by atoms with Crippen LogP contribution in [0.4, 0.5) is 5.69 Å². The molecule has 0 atom stereocenters. The van der Waals surface area contributed by atoms with Gasteiger partial charge in [-0.1, -0.05) is 32.4 Å². The zero-order valence-electron chi connectivity index (χ0n) is 12.0. The van der Waals surface area contributed by atoms with Crippen molar-refractivity contribution in [2.24, 2.45) is 0 Å². The summed E-state index contributed by atoms with van der Waals surface area (Å²) in [6, 6.07) is 6.13. The van der Waals surface area contributed by atoms with Crippen molar-refractivity contribution < 1.29 is 0 Å². The molecule has 1 heterocycles. The molecule has 0 amide bonds. The van der Waals surface area contributed by atoms with E-state index in [2.05, 4.69) is 39.1 Å². The van der Waals surface area contributed by atoms with Gasteiger partial charge in [0.2, 0.25) is 0 Å². The summed E-state index contributed by atoms with van der Waals surface area (Å²) in [5, 5.41) is 5.37. The van der Waals surface area contributed by atoms with Gasteiger partial charge < -0.3 is 5.32 Å². The van der Waals surface area contributed by atoms with Gasteiger partial charge in [0.25, 0.3) is 0 Å². The number of aryl methyl sites for hydroxylation is 1. The lowest BCUT2D eigenvalue weighted by Crippen LogP contribution is -2.04. The molecule has 1 aromatic carbocycles. The van der Waals surface area contributed by atoms with Gasteiger partial charge in [-0.05, 0) is 43.0 Å². The molecule has 0 aliphatic heterocycles. The lowest BCUT2D eigenvalue weighted by molar-refractivity contribution is 0.829. The van der Waals surface area contributed by atoms with Gasteiger partial charge in [0.15, 0.2) is 0 Å². The Morgan fingerprint density at radius 3 is 2.63 bits per heavy atom. The van der Waals surface area contributed by atoms with E-state index in [1.165, 1.54) is 0 Å². The molecule has 0 fully saturated rings. The Hall–Kier alpha value is -1.28. The van der Waals surface area contributed by atoms with Gasteiger partial charge in [0.1, 0.15) is 0 Å². The first kappa shape index (κ1) is 14.1. The van der Waals surface area contributed by atoms with Crippen molar-refractivity contribution in [1.82, 2.24) is 4.98 Å². The van der Waals surface area contributed by atoms with Gasteiger partial charge in [0.05, 0.1) is 5.52 Å². The molecular formula is C16H21ClN2. The van der Waals surface area contributed by atoms with E-state index in [1.807, 2.05) is 12.1 Å². The molecule has 1 aromatic heterocycles. The number of nitrogens with one attached hydrogen (secondary N) is 1. The van der Waals surface area contributed by atoms with Crippen molar-refractivity contribution in [3.05, 3.63) is 34.5 Å². The number of anilines is 1. The number of halogens is 1. The summed E-state index contributed by atoms with van der Waals surface area (Å²) >= 11 is 6.18. The first-order valence-corrected chi connectivity index (χ1v) is 7.25. The molecule has 0 bridgehead atoms. The van der Waals surface area contributed by atoms with Gasteiger partial charge in [-0.15, -0.1) is 0 Å². The summed E-state index contributed by atoms with van der Waals surface area (Å²) < 4.78 is 0. The fourth-order valence-electron chi connectivity index (χ4n) is 2.18. The molecule has 0 saturated heterocycles. The van der Waals surface area contributed by atoms with Crippen molar-refractivity contribution in [3.8, 4) is 0 Å². The van der Waals surface area contributed by atoms with Crippen LogP contribution in [0.2, 0.25) is 5.02 Å². The minimum Gasteiger partial charge on any atom is -0.384 e. The van der Waals surface area contributed by atoms with Crippen molar-refractivity contribution >= 4 is 28.2 Å². The Kier molecular flexibility index (Phi) is 4.31. The molecule has 2 nitrogen and oxygen atoms in total. The number of hydrogen-bond acceptors (Lipinski definition) is 2. The standard InChI is InChI=1S/C16H21ClN2/c1-5-6-18-15-9-14(10(2)3)19-16-11(4)7-12(17)8-13(15)16/h7-10H,5-6H2,1-4H3,(H,18,19). The summed E-state index contributed by atoms with van der Waals surface area (Å²) in [4.78, 5) is 4.79. The molecule has 2 rings (SSSR count). The lowest BCUT2D eigenvalue weighted by atomic mass is 10.0. The predicted octanol–water partition coefficient (Wildman–Crippen LogP) is 5.14. The molecule has 0 radical (unpaired) electrons. The Bertz CT molecular complexity index is 591. The fraction of sp³-hybridized carbons (Fsp3) is 0.438. The van der Waals surface area contributed by atoms with Crippen molar-refractivity contribution in [3.63, 3.8) is 0 Å². The van der Waals surface area contributed by atoms with E-state index in [4.69, 9.17) is 16.6 Å². The highest BCUT2D eigenvalue weighted by Crippen LogP contribution is 2.30. The van der Waals surface area contributed by atoms with Crippen LogP contribution in [0.25, 0.3) is 10.9 Å². The second kappa shape index (κ2) is 5.79. The van der Waals surface area contributed by atoms with E-state index in [-0.39, 0.29) is 0 Å². The molecule has 0 aliphatic carbocycles. The van der Waals surface area contributed by atoms with Crippen LogP contribution in [0.15, 0.2) is 18.2 Å². The summed E-state index contributed by atoms with van der Waals surface area (Å²) in [5.41, 5.74) is 4.44. The largest absolute Gasteiger partial charge is 0.384 e. The topological polar surface area (TPSA) is 24.9 Å². The number of rotatable bonds is 4. The number of benzene rings is 1. The third-order valence-corrected chi connectivity index (χ3v) is 3.46. The smallest absolute Gasteiger partial charge is 0.0756 e. The van der Waals surface area contributed by atoms with E-state index in [1.54, 1.807) is 0 Å². The van der Waals surface area contributed by atoms with Gasteiger partial charge in [-0.25, -0.2) is 0 Å². The zero-order chi connectivity index (χ0) is 14.0. The first-order valence-electron chi connectivity index (χ1n) is 6.87. The third-order valence-electron chi connectivity index (χ3n) is 3.25. The molecule has 102 valence electrons. The van der Waals surface area contributed by atoms with E-state index in [0.29, 0.717) is 5.92 Å². The molecule has 2 aromatic rings. The van der Waals surface area contributed by atoms with E-state index in [0.717, 1.165) is 45.8 Å². The third kappa shape index (κ3) is 3.01. The molecule has 0 spiro atoms. The molecular weight excluding hydrogens is 256 g/mol. The van der Waals surface area contributed by atoms with Crippen LogP contribution in [0.3, 0.4) is 0 Å². The monoisotopic (exact) mass is 276 g/mol. The Morgan fingerprint density at radius 1 is 1.26 bits per heavy atom. The van der Waals surface area contributed by atoms with Crippen LogP contribution >= 0.6 is 11.6 Å². The minimum atomic E-state index is 0.418. The summed E-state index contributed by atoms with van der Waals surface area (Å²) in [6.45, 7) is 9.53. The van der Waals surface area contributed by atoms with Crippen LogP contribution in [0, 0.1) is 6.92 Å². The van der Waals surface area contributed by atoms with E-state index < -0.39 is 0 Å². The predicted molar refractivity (Wildman–Crippen MR) is 84.4 cm³/mol. The number of hydrogen-bond donors (Lipinski definition) is 1. The van der Waals surface area contributed by atoms with Crippen molar-refractivity contribution in [2.45, 2.75) is 40.0 Å². The summed E-state index contributed by atoms with van der Waals surface area (Å²) in [5.74, 6) is 0.418. The highest BCUT2D eigenvalue weighted by molar-refractivity contribution is 6.31. The van der Waals surface area contributed by atoms with Crippen molar-refractivity contribution in [2.75, 3.05) is 11.9 Å². The first-order chi connectivity index (χ1) is 9.02. The van der Waals surface area contributed by atoms with Crippen LogP contribution in [-0.4, -0.2) is 11.5 Å². The minimum absolute atomic E-state index is 0.418. The van der Waals surface area contributed by atoms with Crippen LogP contribution in [0.1, 0.15) is 44.4 Å². The Labute approximate surface area is 120 Å². The molecule has 0 aliphatic rings. The number of nitrogens with zero attached hydrogens (tertiary/aromatic N) is 1. The van der Waals surface area contributed by atoms with E-state index >= 15 is 0 Å². The maximum Gasteiger partial charge on any atom is 0.0756 e. The highest BCUT2D eigenvalue weighted by atomic mass is 35.5. The lowest BCUT2D eigenvalue weighted by Gasteiger charge is -2.14. The maximum absolute atomic E-state index is 6.18. The average Bonchev–Trinajstić information content (AvgIpc) is 2.35. The maximum atomic E-state index is 6.18. The van der Waals surface area contributed by atoms with Gasteiger partial charge in [-0.3, -0.25) is 4.98 Å². The molecule has 1 N–H and O–H groups in total. The van der Waals surface area contributed by atoms with Crippen LogP contribution in [-0.2, 0) is 0 Å². The quantitative estimate of drug-likeness (QED) is 0.836. The van der Waals surface area contributed by atoms with Gasteiger partial charge >= 0.3 is 0 Å². The Morgan fingerprint density at radius 2 is 2.00 bits per heavy atom. The summed E-state index contributed by atoms with van der Waals surface area (Å²) in [7, 11) is 0. The molecule has 3 heteroatoms. The molecule has 0 unspecified atom stereocenters. The zero-order valence-corrected chi connectivity index (χ0v) is 12.8. The molecule has 19 heavy (non-hydrogen) atoms. The van der Waals surface area contributed by atoms with Crippen LogP contribution < -0.4 is 5.32 Å². The number of fused-ring (bicyclic) bond motifs is 1. The Balaban J connectivity index is 2.67. The second-order valence-electron chi connectivity index (χ2n) is 5.30. The van der Waals surface area contributed by atoms with Gasteiger partial charge in [-0.2, -0.15) is 0 Å². The normalized spacial score (nSPS) is 11.3. The second-order valence-corrected chi connectivity index (χ2v) is 5.73. The summed E-state index contributed by atoms with van der Waals surface area (Å²) in [6.07, 6.45) is 1.10. The average molecular weight is 277 g/mol. The number of pyridine rings is 1. The van der Waals surface area contributed by atoms with Crippen molar-refractivity contribution in [1.29, 1.82) is 0 Å².